The summed E-state index contributed by atoms with van der Waals surface area (Å²) in [5.41, 5.74) is 0.278. The number of nitrogens with one attached hydrogen (secondary N) is 1. The quantitative estimate of drug-likeness (QED) is 0.365. The molecule has 11 heteroatoms. The Kier molecular flexibility index (Phi) is 5.80. The zero-order valence-corrected chi connectivity index (χ0v) is 16.1. The lowest BCUT2D eigenvalue weighted by Crippen LogP contribution is -2.37. The minimum absolute atomic E-state index is 0.113. The summed E-state index contributed by atoms with van der Waals surface area (Å²) in [6.07, 6.45) is 4.61. The smallest absolute Gasteiger partial charge is 0.326 e. The van der Waals surface area contributed by atoms with Crippen molar-refractivity contribution in [1.82, 2.24) is 4.90 Å². The first-order valence-electron chi connectivity index (χ1n) is 8.75. The van der Waals surface area contributed by atoms with Crippen LogP contribution >= 0.6 is 0 Å². The van der Waals surface area contributed by atoms with E-state index < -0.39 is 58.7 Å². The third-order valence-corrected chi connectivity index (χ3v) is 5.65. The van der Waals surface area contributed by atoms with E-state index in [0.717, 1.165) is 4.90 Å². The third-order valence-electron chi connectivity index (χ3n) is 4.72. The Morgan fingerprint density at radius 2 is 1.62 bits per heavy atom. The van der Waals surface area contributed by atoms with Gasteiger partial charge < -0.3 is 10.1 Å². The van der Waals surface area contributed by atoms with E-state index in [-0.39, 0.29) is 10.6 Å². The summed E-state index contributed by atoms with van der Waals surface area (Å²) in [5.74, 6) is -3.23. The van der Waals surface area contributed by atoms with E-state index in [4.69, 9.17) is 9.88 Å². The first kappa shape index (κ1) is 20.7. The molecule has 1 aromatic rings. The summed E-state index contributed by atoms with van der Waals surface area (Å²) >= 11 is 0. The highest BCUT2D eigenvalue weighted by atomic mass is 32.2. The van der Waals surface area contributed by atoms with Crippen LogP contribution in [-0.2, 0) is 33.9 Å². The molecule has 1 fully saturated rings. The standard InChI is InChI=1S/C18H19N3O7S/c19-29(26,27)12-7-5-11(6-8-12)20-15(22)10-28-16(23)9-21-17(24)13-3-1-2-4-14(13)18(21)25/h1-2,5-8,13-14H,3-4,9-10H2,(H,20,22)(H2,19,26,27)/t13-,14-/m0/s1. The number of hydrogen-bond donors (Lipinski definition) is 2. The van der Waals surface area contributed by atoms with E-state index in [1.54, 1.807) is 0 Å². The van der Waals surface area contributed by atoms with Gasteiger partial charge in [-0.25, -0.2) is 13.6 Å². The Labute approximate surface area is 166 Å². The van der Waals surface area contributed by atoms with Crippen molar-refractivity contribution in [3.63, 3.8) is 0 Å². The van der Waals surface area contributed by atoms with Crippen molar-refractivity contribution in [1.29, 1.82) is 0 Å². The molecule has 1 saturated heterocycles. The molecule has 0 spiro atoms. The van der Waals surface area contributed by atoms with Crippen molar-refractivity contribution in [3.8, 4) is 0 Å². The number of carbonyl (C=O) groups excluding carboxylic acids is 4. The Morgan fingerprint density at radius 3 is 2.14 bits per heavy atom. The number of rotatable bonds is 6. The molecule has 3 rings (SSSR count). The number of amides is 3. The molecule has 3 N–H and O–H groups in total. The number of imide groups is 1. The molecule has 0 radical (unpaired) electrons. The summed E-state index contributed by atoms with van der Waals surface area (Å²) in [7, 11) is -3.84. The van der Waals surface area contributed by atoms with Crippen molar-refractivity contribution in [2.24, 2.45) is 17.0 Å². The summed E-state index contributed by atoms with van der Waals surface area (Å²) in [6, 6.07) is 5.10. The fourth-order valence-electron chi connectivity index (χ4n) is 3.27. The molecule has 0 unspecified atom stereocenters. The molecule has 1 aliphatic carbocycles. The number of primary sulfonamides is 1. The van der Waals surface area contributed by atoms with Crippen LogP contribution in [-0.4, -0.2) is 50.2 Å². The molecule has 2 atom stereocenters. The number of allylic oxidation sites excluding steroid dienone is 2. The van der Waals surface area contributed by atoms with Crippen molar-refractivity contribution in [3.05, 3.63) is 36.4 Å². The topological polar surface area (TPSA) is 153 Å². The molecule has 0 saturated carbocycles. The molecule has 10 nitrogen and oxygen atoms in total. The maximum absolute atomic E-state index is 12.3. The molecule has 1 heterocycles. The highest BCUT2D eigenvalue weighted by Gasteiger charge is 2.47. The van der Waals surface area contributed by atoms with E-state index in [0.29, 0.717) is 12.8 Å². The highest BCUT2D eigenvalue weighted by molar-refractivity contribution is 7.89. The molecule has 2 aliphatic rings. The van der Waals surface area contributed by atoms with Gasteiger partial charge in [-0.3, -0.25) is 24.1 Å². The van der Waals surface area contributed by atoms with E-state index in [1.165, 1.54) is 24.3 Å². The predicted molar refractivity (Wildman–Crippen MR) is 99.5 cm³/mol. The second-order valence-corrected chi connectivity index (χ2v) is 8.26. The van der Waals surface area contributed by atoms with Gasteiger partial charge in [0.1, 0.15) is 6.54 Å². The van der Waals surface area contributed by atoms with E-state index in [9.17, 15) is 27.6 Å². The molecule has 0 bridgehead atoms. The van der Waals surface area contributed by atoms with E-state index >= 15 is 0 Å². The Hall–Kier alpha value is -3.05. The van der Waals surface area contributed by atoms with Crippen LogP contribution < -0.4 is 10.5 Å². The number of hydrogen-bond acceptors (Lipinski definition) is 7. The number of ether oxygens (including phenoxy) is 1. The van der Waals surface area contributed by atoms with Crippen LogP contribution in [0.3, 0.4) is 0 Å². The van der Waals surface area contributed by atoms with Gasteiger partial charge in [0.25, 0.3) is 5.91 Å². The largest absolute Gasteiger partial charge is 0.454 e. The normalized spacial score (nSPS) is 21.1. The molecule has 1 aliphatic heterocycles. The second-order valence-electron chi connectivity index (χ2n) is 6.70. The zero-order chi connectivity index (χ0) is 21.2. The highest BCUT2D eigenvalue weighted by Crippen LogP contribution is 2.34. The number of fused-ring (bicyclic) bond motifs is 1. The Balaban J connectivity index is 1.49. The van der Waals surface area contributed by atoms with Crippen LogP contribution in [0.25, 0.3) is 0 Å². The number of nitrogens with zero attached hydrogens (tertiary/aromatic N) is 1. The van der Waals surface area contributed by atoms with Gasteiger partial charge >= 0.3 is 5.97 Å². The fraction of sp³-hybridized carbons (Fsp3) is 0.333. The predicted octanol–water partition coefficient (Wildman–Crippen LogP) is -0.233. The number of likely N-dealkylation sites (tertiary alicyclic amines) is 1. The fourth-order valence-corrected chi connectivity index (χ4v) is 3.79. The molecular formula is C18H19N3O7S. The van der Waals surface area contributed by atoms with E-state index in [2.05, 4.69) is 5.32 Å². The molecule has 0 aromatic heterocycles. The van der Waals surface area contributed by atoms with Gasteiger partial charge in [0.15, 0.2) is 6.61 Å². The lowest BCUT2D eigenvalue weighted by Gasteiger charge is -2.14. The van der Waals surface area contributed by atoms with Crippen LogP contribution in [0.5, 0.6) is 0 Å². The van der Waals surface area contributed by atoms with Gasteiger partial charge in [0, 0.05) is 5.69 Å². The number of esters is 1. The minimum Gasteiger partial charge on any atom is -0.454 e. The molecule has 1 aromatic carbocycles. The minimum atomic E-state index is -3.84. The monoisotopic (exact) mass is 421 g/mol. The van der Waals surface area contributed by atoms with E-state index in [1.807, 2.05) is 12.2 Å². The maximum Gasteiger partial charge on any atom is 0.326 e. The average molecular weight is 421 g/mol. The molecule has 3 amide bonds. The number of sulfonamides is 1. The maximum atomic E-state index is 12.3. The average Bonchev–Trinajstić information content (AvgIpc) is 2.91. The number of nitrogens with two attached hydrogens (primary N) is 1. The van der Waals surface area contributed by atoms with Crippen LogP contribution in [0.2, 0.25) is 0 Å². The number of benzene rings is 1. The SMILES string of the molecule is NS(=O)(=O)c1ccc(NC(=O)COC(=O)CN2C(=O)[C@H]3CC=CC[C@@H]3C2=O)cc1. The van der Waals surface area contributed by atoms with Crippen molar-refractivity contribution in [2.75, 3.05) is 18.5 Å². The van der Waals surface area contributed by atoms with Gasteiger partial charge in [-0.15, -0.1) is 0 Å². The van der Waals surface area contributed by atoms with Crippen molar-refractivity contribution < 1.29 is 32.3 Å². The summed E-state index contributed by atoms with van der Waals surface area (Å²) in [4.78, 5) is 49.2. The molecule has 154 valence electrons. The summed E-state index contributed by atoms with van der Waals surface area (Å²) in [6.45, 7) is -1.17. The first-order chi connectivity index (χ1) is 13.7. The summed E-state index contributed by atoms with van der Waals surface area (Å²) < 4.78 is 27.2. The van der Waals surface area contributed by atoms with Gasteiger partial charge in [0.05, 0.1) is 16.7 Å². The van der Waals surface area contributed by atoms with Crippen LogP contribution in [0.1, 0.15) is 12.8 Å². The third kappa shape index (κ3) is 4.69. The molecule has 29 heavy (non-hydrogen) atoms. The van der Waals surface area contributed by atoms with Gasteiger partial charge in [0.2, 0.25) is 21.8 Å². The van der Waals surface area contributed by atoms with Gasteiger partial charge in [-0.05, 0) is 37.1 Å². The van der Waals surface area contributed by atoms with Gasteiger partial charge in [-0.1, -0.05) is 12.2 Å². The van der Waals surface area contributed by atoms with Crippen molar-refractivity contribution in [2.45, 2.75) is 17.7 Å². The van der Waals surface area contributed by atoms with Crippen molar-refractivity contribution >= 4 is 39.4 Å². The Morgan fingerprint density at radius 1 is 1.07 bits per heavy atom. The zero-order valence-electron chi connectivity index (χ0n) is 15.2. The van der Waals surface area contributed by atoms with Crippen LogP contribution in [0.15, 0.2) is 41.3 Å². The Bertz CT molecular complexity index is 959. The second kappa shape index (κ2) is 8.13. The summed E-state index contributed by atoms with van der Waals surface area (Å²) in [5, 5.41) is 7.41. The van der Waals surface area contributed by atoms with Gasteiger partial charge in [-0.2, -0.15) is 0 Å². The number of carbonyl (C=O) groups is 4. The van der Waals surface area contributed by atoms with Crippen LogP contribution in [0.4, 0.5) is 5.69 Å². The lowest BCUT2D eigenvalue weighted by atomic mass is 9.85. The van der Waals surface area contributed by atoms with Crippen LogP contribution in [0, 0.1) is 11.8 Å². The first-order valence-corrected chi connectivity index (χ1v) is 10.3. The molecular weight excluding hydrogens is 402 g/mol. The lowest BCUT2D eigenvalue weighted by molar-refractivity contribution is -0.154. The number of anilines is 1.